The van der Waals surface area contributed by atoms with E-state index in [1.165, 1.54) is 12.1 Å². The van der Waals surface area contributed by atoms with Crippen LogP contribution in [0.4, 0.5) is 5.69 Å². The third-order valence-electron chi connectivity index (χ3n) is 4.20. The monoisotopic (exact) mass is 568 g/mol. The van der Waals surface area contributed by atoms with Crippen LogP contribution in [-0.4, -0.2) is 5.91 Å². The van der Waals surface area contributed by atoms with Gasteiger partial charge in [0.05, 0.1) is 19.5 Å². The summed E-state index contributed by atoms with van der Waals surface area (Å²) in [5.41, 5.74) is 1.64. The van der Waals surface area contributed by atoms with Gasteiger partial charge in [0.1, 0.15) is 18.2 Å². The van der Waals surface area contributed by atoms with E-state index in [0.29, 0.717) is 36.5 Å². The number of amides is 1. The van der Waals surface area contributed by atoms with Gasteiger partial charge < -0.3 is 10.1 Å². The average molecular weight is 571 g/mol. The molecule has 0 atom stereocenters. The van der Waals surface area contributed by atoms with E-state index in [1.807, 2.05) is 24.3 Å². The molecule has 0 heterocycles. The maximum Gasteiger partial charge on any atom is 0.266 e. The van der Waals surface area contributed by atoms with Crippen molar-refractivity contribution in [1.29, 1.82) is 5.26 Å². The predicted octanol–water partition coefficient (Wildman–Crippen LogP) is 8.19. The van der Waals surface area contributed by atoms with Crippen molar-refractivity contribution in [1.82, 2.24) is 0 Å². The maximum absolute atomic E-state index is 12.5. The molecule has 3 aromatic carbocycles. The second-order valence-corrected chi connectivity index (χ2v) is 8.93. The molecule has 1 amide bonds. The molecule has 0 aromatic heterocycles. The molecule has 162 valence electrons. The van der Waals surface area contributed by atoms with Crippen molar-refractivity contribution < 1.29 is 9.53 Å². The molecule has 0 saturated heterocycles. The van der Waals surface area contributed by atoms with E-state index in [2.05, 4.69) is 21.2 Å². The lowest BCUT2D eigenvalue weighted by Gasteiger charge is -2.12. The van der Waals surface area contributed by atoms with Crippen LogP contribution in [0.15, 0.2) is 64.6 Å². The number of benzene rings is 3. The van der Waals surface area contributed by atoms with E-state index < -0.39 is 5.91 Å². The van der Waals surface area contributed by atoms with Crippen LogP contribution in [0.3, 0.4) is 0 Å². The highest BCUT2D eigenvalue weighted by Gasteiger charge is 2.14. The van der Waals surface area contributed by atoms with Crippen molar-refractivity contribution in [3.8, 4) is 11.8 Å². The highest BCUT2D eigenvalue weighted by atomic mass is 79.9. The molecule has 0 unspecified atom stereocenters. The number of nitrogens with one attached hydrogen (secondary N) is 1. The first kappa shape index (κ1) is 24.4. The molecule has 0 aliphatic carbocycles. The van der Waals surface area contributed by atoms with Crippen LogP contribution >= 0.6 is 62.3 Å². The molecule has 4 nitrogen and oxygen atoms in total. The van der Waals surface area contributed by atoms with Crippen molar-refractivity contribution in [2.24, 2.45) is 0 Å². The zero-order valence-electron chi connectivity index (χ0n) is 16.1. The molecule has 3 aromatic rings. The summed E-state index contributed by atoms with van der Waals surface area (Å²) < 4.78 is 6.38. The number of anilines is 1. The van der Waals surface area contributed by atoms with Crippen molar-refractivity contribution >= 4 is 80.0 Å². The zero-order valence-corrected chi connectivity index (χ0v) is 20.7. The molecule has 0 spiro atoms. The fraction of sp³-hybridized carbons (Fsp3) is 0.0435. The van der Waals surface area contributed by atoms with Crippen molar-refractivity contribution in [3.63, 3.8) is 0 Å². The topological polar surface area (TPSA) is 62.1 Å². The molecule has 0 bridgehead atoms. The Bertz CT molecular complexity index is 1230. The van der Waals surface area contributed by atoms with E-state index in [9.17, 15) is 10.1 Å². The summed E-state index contributed by atoms with van der Waals surface area (Å²) in [6.07, 6.45) is 1.42. The van der Waals surface area contributed by atoms with Crippen molar-refractivity contribution in [2.75, 3.05) is 5.32 Å². The maximum atomic E-state index is 12.5. The van der Waals surface area contributed by atoms with Gasteiger partial charge >= 0.3 is 0 Å². The van der Waals surface area contributed by atoms with Gasteiger partial charge in [0.2, 0.25) is 0 Å². The summed E-state index contributed by atoms with van der Waals surface area (Å²) in [5, 5.41) is 13.6. The Hall–Kier alpha value is -2.20. The predicted molar refractivity (Wildman–Crippen MR) is 134 cm³/mol. The lowest BCUT2D eigenvalue weighted by molar-refractivity contribution is -0.112. The van der Waals surface area contributed by atoms with Crippen LogP contribution in [0.2, 0.25) is 20.1 Å². The minimum absolute atomic E-state index is 0.122. The molecule has 9 heteroatoms. The van der Waals surface area contributed by atoms with Gasteiger partial charge in [0, 0.05) is 16.3 Å². The second-order valence-electron chi connectivity index (χ2n) is 6.45. The molecule has 32 heavy (non-hydrogen) atoms. The molecule has 0 radical (unpaired) electrons. The minimum atomic E-state index is -0.600. The zero-order chi connectivity index (χ0) is 23.3. The van der Waals surface area contributed by atoms with E-state index in [1.54, 1.807) is 30.3 Å². The standard InChI is InChI=1S/C23H13BrCl4N2O2/c24-17-8-13(9-21(28)22(17)32-12-14-3-1-2-4-18(14)25)7-15(11-29)23(31)30-16-5-6-19(26)20(27)10-16/h1-10H,12H2,(H,30,31)/b15-7+. The fourth-order valence-electron chi connectivity index (χ4n) is 2.65. The number of halogens is 5. The molecule has 3 rings (SSSR count). The van der Waals surface area contributed by atoms with Gasteiger partial charge in [0.15, 0.2) is 5.75 Å². The van der Waals surface area contributed by atoms with Crippen LogP contribution in [0, 0.1) is 11.3 Å². The Morgan fingerprint density at radius 1 is 1.00 bits per heavy atom. The summed E-state index contributed by atoms with van der Waals surface area (Å²) in [5.74, 6) is -0.181. The molecular weight excluding hydrogens is 558 g/mol. The smallest absolute Gasteiger partial charge is 0.266 e. The third-order valence-corrected chi connectivity index (χ3v) is 6.18. The Morgan fingerprint density at radius 3 is 2.41 bits per heavy atom. The van der Waals surface area contributed by atoms with Gasteiger partial charge in [-0.25, -0.2) is 0 Å². The molecule has 0 saturated carbocycles. The first-order valence-corrected chi connectivity index (χ1v) is 11.3. The summed E-state index contributed by atoms with van der Waals surface area (Å²) >= 11 is 27.8. The Morgan fingerprint density at radius 2 is 1.75 bits per heavy atom. The van der Waals surface area contributed by atoms with Gasteiger partial charge in [-0.1, -0.05) is 64.6 Å². The molecule has 0 aliphatic heterocycles. The van der Waals surface area contributed by atoms with Crippen LogP contribution in [0.25, 0.3) is 6.08 Å². The van der Waals surface area contributed by atoms with E-state index in [4.69, 9.17) is 51.1 Å². The summed E-state index contributed by atoms with van der Waals surface area (Å²) in [6.45, 7) is 0.225. The number of carbonyl (C=O) groups is 1. The number of nitrogens with zero attached hydrogens (tertiary/aromatic N) is 1. The average Bonchev–Trinajstić information content (AvgIpc) is 2.75. The quantitative estimate of drug-likeness (QED) is 0.240. The first-order chi connectivity index (χ1) is 15.3. The van der Waals surface area contributed by atoms with E-state index >= 15 is 0 Å². The summed E-state index contributed by atoms with van der Waals surface area (Å²) in [4.78, 5) is 12.5. The summed E-state index contributed by atoms with van der Waals surface area (Å²) in [6, 6.07) is 17.1. The Labute approximate surface area is 213 Å². The van der Waals surface area contributed by atoms with E-state index in [-0.39, 0.29) is 17.2 Å². The third kappa shape index (κ3) is 6.19. The van der Waals surface area contributed by atoms with Gasteiger partial charge in [-0.2, -0.15) is 5.26 Å². The normalized spacial score (nSPS) is 11.1. The van der Waals surface area contributed by atoms with Crippen LogP contribution in [0.5, 0.6) is 5.75 Å². The van der Waals surface area contributed by atoms with Crippen molar-refractivity contribution in [3.05, 3.63) is 95.9 Å². The number of hydrogen-bond donors (Lipinski definition) is 1. The second kappa shape index (κ2) is 11.1. The van der Waals surface area contributed by atoms with Crippen LogP contribution in [0.1, 0.15) is 11.1 Å². The molecule has 1 N–H and O–H groups in total. The van der Waals surface area contributed by atoms with Crippen LogP contribution in [-0.2, 0) is 11.4 Å². The van der Waals surface area contributed by atoms with Gasteiger partial charge in [-0.05, 0) is 64.0 Å². The largest absolute Gasteiger partial charge is 0.486 e. The van der Waals surface area contributed by atoms with Crippen molar-refractivity contribution in [2.45, 2.75) is 6.61 Å². The Balaban J connectivity index is 1.78. The number of hydrogen-bond acceptors (Lipinski definition) is 3. The SMILES string of the molecule is N#C/C(=C\c1cc(Cl)c(OCc2ccccc2Cl)c(Br)c1)C(=O)Nc1ccc(Cl)c(Cl)c1. The summed E-state index contributed by atoms with van der Waals surface area (Å²) in [7, 11) is 0. The fourth-order valence-corrected chi connectivity index (χ4v) is 4.13. The lowest BCUT2D eigenvalue weighted by Crippen LogP contribution is -2.13. The first-order valence-electron chi connectivity index (χ1n) is 9.02. The van der Waals surface area contributed by atoms with Gasteiger partial charge in [0.25, 0.3) is 5.91 Å². The molecule has 0 aliphatic rings. The van der Waals surface area contributed by atoms with Gasteiger partial charge in [-0.15, -0.1) is 0 Å². The lowest BCUT2D eigenvalue weighted by atomic mass is 10.1. The van der Waals surface area contributed by atoms with Crippen LogP contribution < -0.4 is 10.1 Å². The Kier molecular flexibility index (Phi) is 8.47. The number of carbonyl (C=O) groups excluding carboxylic acids is 1. The van der Waals surface area contributed by atoms with E-state index in [0.717, 1.165) is 5.56 Å². The number of nitriles is 1. The highest BCUT2D eigenvalue weighted by Crippen LogP contribution is 2.36. The number of rotatable bonds is 6. The molecular formula is C23H13BrCl4N2O2. The minimum Gasteiger partial charge on any atom is -0.486 e. The number of ether oxygens (including phenoxy) is 1. The highest BCUT2D eigenvalue weighted by molar-refractivity contribution is 9.10. The van der Waals surface area contributed by atoms with Gasteiger partial charge in [-0.3, -0.25) is 4.79 Å². The molecule has 0 fully saturated rings.